The van der Waals surface area contributed by atoms with Gasteiger partial charge in [-0.05, 0) is 47.9 Å². The molecule has 1 fully saturated rings. The van der Waals surface area contributed by atoms with Crippen molar-refractivity contribution >= 4 is 35.3 Å². The maximum absolute atomic E-state index is 12.8. The fourth-order valence-corrected chi connectivity index (χ4v) is 4.05. The topological polar surface area (TPSA) is 117 Å². The predicted molar refractivity (Wildman–Crippen MR) is 115 cm³/mol. The van der Waals surface area contributed by atoms with E-state index >= 15 is 0 Å². The molecule has 2 N–H and O–H groups in total. The van der Waals surface area contributed by atoms with E-state index < -0.39 is 11.9 Å². The van der Waals surface area contributed by atoms with E-state index in [1.165, 1.54) is 4.90 Å². The van der Waals surface area contributed by atoms with E-state index in [0.717, 1.165) is 16.7 Å². The molecule has 3 aromatic rings. The first-order valence-electron chi connectivity index (χ1n) is 10.1. The van der Waals surface area contributed by atoms with Crippen LogP contribution in [0.25, 0.3) is 11.4 Å². The molecule has 3 heterocycles. The van der Waals surface area contributed by atoms with Crippen LogP contribution in [-0.4, -0.2) is 38.8 Å². The second-order valence-corrected chi connectivity index (χ2v) is 8.11. The molecule has 10 heteroatoms. The molecule has 162 valence electrons. The highest BCUT2D eigenvalue weighted by molar-refractivity contribution is 6.30. The summed E-state index contributed by atoms with van der Waals surface area (Å²) in [6, 6.07) is 12.3. The number of hydrogen-bond donors (Lipinski definition) is 2. The van der Waals surface area contributed by atoms with Gasteiger partial charge in [0.05, 0.1) is 0 Å². The highest BCUT2D eigenvalue weighted by Crippen LogP contribution is 2.28. The zero-order chi connectivity index (χ0) is 22.2. The third-order valence-corrected chi connectivity index (χ3v) is 5.81. The summed E-state index contributed by atoms with van der Waals surface area (Å²) in [4.78, 5) is 42.2. The zero-order valence-corrected chi connectivity index (χ0v) is 17.6. The Hall–Kier alpha value is -3.72. The molecule has 0 bridgehead atoms. The molecule has 0 aliphatic carbocycles. The number of anilines is 1. The summed E-state index contributed by atoms with van der Waals surface area (Å²) >= 11 is 5.90. The normalized spacial score (nSPS) is 18.0. The molecular weight excluding hydrogens is 434 g/mol. The van der Waals surface area contributed by atoms with Crippen LogP contribution in [0, 0.1) is 0 Å². The van der Waals surface area contributed by atoms with Crippen molar-refractivity contribution in [3.63, 3.8) is 0 Å². The van der Waals surface area contributed by atoms with Crippen molar-refractivity contribution < 1.29 is 18.9 Å². The van der Waals surface area contributed by atoms with Crippen LogP contribution < -0.4 is 10.6 Å². The summed E-state index contributed by atoms with van der Waals surface area (Å²) in [5.41, 5.74) is 3.12. The first-order valence-corrected chi connectivity index (χ1v) is 10.5. The van der Waals surface area contributed by atoms with Crippen LogP contribution in [0.1, 0.15) is 34.3 Å². The smallest absolute Gasteiger partial charge is 0.322 e. The first kappa shape index (κ1) is 20.2. The quantitative estimate of drug-likeness (QED) is 0.572. The molecule has 5 rings (SSSR count). The van der Waals surface area contributed by atoms with Gasteiger partial charge in [0.25, 0.3) is 5.91 Å². The molecule has 2 aliphatic heterocycles. The maximum Gasteiger partial charge on any atom is 0.322 e. The van der Waals surface area contributed by atoms with Gasteiger partial charge in [-0.3, -0.25) is 19.7 Å². The number of piperidine rings is 1. The minimum atomic E-state index is -0.626. The number of nitrogens with zero attached hydrogens (tertiary/aromatic N) is 3. The van der Waals surface area contributed by atoms with Crippen LogP contribution in [0.15, 0.2) is 47.0 Å². The Bertz CT molecular complexity index is 1220. The molecule has 1 aromatic heterocycles. The van der Waals surface area contributed by atoms with Gasteiger partial charge in [-0.2, -0.15) is 4.98 Å². The monoisotopic (exact) mass is 451 g/mol. The Morgan fingerprint density at radius 2 is 1.97 bits per heavy atom. The van der Waals surface area contributed by atoms with Gasteiger partial charge >= 0.3 is 6.01 Å². The van der Waals surface area contributed by atoms with Gasteiger partial charge in [0.2, 0.25) is 17.6 Å². The molecule has 2 aliphatic rings. The van der Waals surface area contributed by atoms with Crippen LogP contribution >= 0.6 is 11.6 Å². The lowest BCUT2D eigenvalue weighted by Gasteiger charge is -2.29. The van der Waals surface area contributed by atoms with E-state index in [4.69, 9.17) is 16.1 Å². The lowest BCUT2D eigenvalue weighted by atomic mass is 10.0. The van der Waals surface area contributed by atoms with Crippen molar-refractivity contribution in [2.75, 3.05) is 5.32 Å². The number of hydrogen-bond acceptors (Lipinski definition) is 7. The van der Waals surface area contributed by atoms with Crippen molar-refractivity contribution in [2.45, 2.75) is 32.0 Å². The molecule has 1 atom stereocenters. The molecule has 0 saturated carbocycles. The number of imide groups is 1. The van der Waals surface area contributed by atoms with E-state index in [2.05, 4.69) is 20.8 Å². The van der Waals surface area contributed by atoms with Gasteiger partial charge in [0.15, 0.2) is 0 Å². The Balaban J connectivity index is 1.25. The van der Waals surface area contributed by atoms with Crippen LogP contribution in [-0.2, 0) is 22.7 Å². The summed E-state index contributed by atoms with van der Waals surface area (Å²) in [5.74, 6) is -0.469. The average molecular weight is 452 g/mol. The Labute approximate surface area is 187 Å². The van der Waals surface area contributed by atoms with Crippen molar-refractivity contribution in [3.05, 3.63) is 64.2 Å². The number of aromatic nitrogens is 2. The SMILES string of the molecule is O=C1CCC(N2Cc3cc(CNc4nc(-c5ccc(Cl)cc5)no4)ccc3C2=O)C(=O)N1. The molecule has 0 radical (unpaired) electrons. The largest absolute Gasteiger partial charge is 0.334 e. The maximum atomic E-state index is 12.8. The number of carbonyl (C=O) groups is 3. The fraction of sp³-hybridized carbons (Fsp3) is 0.227. The Morgan fingerprint density at radius 1 is 1.16 bits per heavy atom. The minimum absolute atomic E-state index is 0.196. The van der Waals surface area contributed by atoms with Crippen LogP contribution in [0.4, 0.5) is 6.01 Å². The van der Waals surface area contributed by atoms with Gasteiger partial charge in [-0.25, -0.2) is 0 Å². The number of rotatable bonds is 5. The number of benzene rings is 2. The summed E-state index contributed by atoms with van der Waals surface area (Å²) in [7, 11) is 0. The number of fused-ring (bicyclic) bond motifs is 1. The molecular formula is C22H18ClN5O4. The molecule has 0 spiro atoms. The molecule has 9 nitrogen and oxygen atoms in total. The van der Waals surface area contributed by atoms with Crippen molar-refractivity contribution in [1.29, 1.82) is 0 Å². The van der Waals surface area contributed by atoms with E-state index in [1.54, 1.807) is 18.2 Å². The van der Waals surface area contributed by atoms with Crippen molar-refractivity contribution in [1.82, 2.24) is 20.4 Å². The van der Waals surface area contributed by atoms with Gasteiger partial charge < -0.3 is 14.7 Å². The standard InChI is InChI=1S/C22H18ClN5O4/c23-15-4-2-13(3-5-15)19-26-22(32-27-19)24-10-12-1-6-16-14(9-12)11-28(21(16)31)17-7-8-18(29)25-20(17)30/h1-6,9,17H,7-8,10-11H2,(H,24,26,27)(H,25,29,30). The van der Waals surface area contributed by atoms with E-state index in [0.29, 0.717) is 35.9 Å². The molecule has 3 amide bonds. The number of halogens is 1. The second kappa shape index (κ2) is 8.08. The molecule has 32 heavy (non-hydrogen) atoms. The van der Waals surface area contributed by atoms with E-state index in [9.17, 15) is 14.4 Å². The molecule has 2 aromatic carbocycles. The van der Waals surface area contributed by atoms with Crippen LogP contribution in [0.2, 0.25) is 5.02 Å². The average Bonchev–Trinajstić information content (AvgIpc) is 3.38. The van der Waals surface area contributed by atoms with Gasteiger partial charge in [0.1, 0.15) is 6.04 Å². The number of carbonyl (C=O) groups excluding carboxylic acids is 3. The fourth-order valence-electron chi connectivity index (χ4n) is 3.93. The zero-order valence-electron chi connectivity index (χ0n) is 16.8. The Kier molecular flexibility index (Phi) is 5.10. The summed E-state index contributed by atoms with van der Waals surface area (Å²) < 4.78 is 5.26. The van der Waals surface area contributed by atoms with E-state index in [-0.39, 0.29) is 24.2 Å². The van der Waals surface area contributed by atoms with Crippen molar-refractivity contribution in [2.24, 2.45) is 0 Å². The highest BCUT2D eigenvalue weighted by Gasteiger charge is 2.39. The lowest BCUT2D eigenvalue weighted by molar-refractivity contribution is -0.136. The van der Waals surface area contributed by atoms with Crippen LogP contribution in [0.5, 0.6) is 0 Å². The third kappa shape index (κ3) is 3.82. The Morgan fingerprint density at radius 3 is 2.75 bits per heavy atom. The molecule has 1 unspecified atom stereocenters. The highest BCUT2D eigenvalue weighted by atomic mass is 35.5. The number of nitrogens with one attached hydrogen (secondary N) is 2. The second-order valence-electron chi connectivity index (χ2n) is 7.68. The van der Waals surface area contributed by atoms with E-state index in [1.807, 2.05) is 24.3 Å². The summed E-state index contributed by atoms with van der Waals surface area (Å²) in [6.45, 7) is 0.748. The van der Waals surface area contributed by atoms with Gasteiger partial charge in [0, 0.05) is 35.7 Å². The van der Waals surface area contributed by atoms with Crippen LogP contribution in [0.3, 0.4) is 0 Å². The lowest BCUT2D eigenvalue weighted by Crippen LogP contribution is -2.52. The minimum Gasteiger partial charge on any atom is -0.334 e. The third-order valence-electron chi connectivity index (χ3n) is 5.56. The first-order chi connectivity index (χ1) is 15.5. The predicted octanol–water partition coefficient (Wildman–Crippen LogP) is 2.76. The van der Waals surface area contributed by atoms with Gasteiger partial charge in [-0.1, -0.05) is 28.9 Å². The molecule has 1 saturated heterocycles. The summed E-state index contributed by atoms with van der Waals surface area (Å²) in [6.07, 6.45) is 0.569. The van der Waals surface area contributed by atoms with Crippen molar-refractivity contribution in [3.8, 4) is 11.4 Å². The van der Waals surface area contributed by atoms with Gasteiger partial charge in [-0.15, -0.1) is 0 Å². The number of amides is 3. The summed E-state index contributed by atoms with van der Waals surface area (Å²) in [5, 5.41) is 9.99.